The van der Waals surface area contributed by atoms with E-state index in [0.29, 0.717) is 5.75 Å². The number of nitrogens with two attached hydrogens (primary N) is 1. The summed E-state index contributed by atoms with van der Waals surface area (Å²) in [6.07, 6.45) is 0.517. The first-order chi connectivity index (χ1) is 12.1. The Morgan fingerprint density at radius 2 is 1.50 bits per heavy atom. The monoisotopic (exact) mass is 393 g/mol. The smallest absolute Gasteiger partial charge is 0.326 e. The number of thioether (sulfide) groups is 1. The van der Waals surface area contributed by atoms with Gasteiger partial charge in [0.15, 0.2) is 0 Å². The van der Waals surface area contributed by atoms with E-state index < -0.39 is 60.7 Å². The predicted molar refractivity (Wildman–Crippen MR) is 91.6 cm³/mol. The van der Waals surface area contributed by atoms with E-state index in [1.165, 1.54) is 11.8 Å². The SMILES string of the molecule is CSCCC(NC(=O)C(N)CC(=O)O)C(=O)NC(CCC(=O)O)C(=O)O. The molecular formula is C14H23N3O8S. The molecule has 0 aliphatic rings. The molecule has 3 atom stereocenters. The molecule has 26 heavy (non-hydrogen) atoms. The average molecular weight is 393 g/mol. The normalized spacial score (nSPS) is 13.9. The van der Waals surface area contributed by atoms with Crippen molar-refractivity contribution < 1.29 is 39.3 Å². The summed E-state index contributed by atoms with van der Waals surface area (Å²) in [6.45, 7) is 0. The van der Waals surface area contributed by atoms with Crippen LogP contribution in [0.2, 0.25) is 0 Å². The van der Waals surface area contributed by atoms with Crippen molar-refractivity contribution in [3.05, 3.63) is 0 Å². The zero-order valence-corrected chi connectivity index (χ0v) is 15.0. The van der Waals surface area contributed by atoms with E-state index in [0.717, 1.165) is 0 Å². The number of carboxylic acid groups (broad SMARTS) is 3. The third-order valence-corrected chi connectivity index (χ3v) is 3.88. The van der Waals surface area contributed by atoms with Gasteiger partial charge < -0.3 is 31.7 Å². The molecule has 0 saturated heterocycles. The van der Waals surface area contributed by atoms with Crippen molar-refractivity contribution in [3.63, 3.8) is 0 Å². The van der Waals surface area contributed by atoms with Crippen LogP contribution in [0.1, 0.15) is 25.7 Å². The lowest BCUT2D eigenvalue weighted by Gasteiger charge is -2.22. The molecule has 0 saturated carbocycles. The van der Waals surface area contributed by atoms with Gasteiger partial charge in [-0.1, -0.05) is 0 Å². The summed E-state index contributed by atoms with van der Waals surface area (Å²) in [7, 11) is 0. The highest BCUT2D eigenvalue weighted by Gasteiger charge is 2.28. The standard InChI is InChI=1S/C14H23N3O8S/c1-26-5-4-8(16-12(22)7(15)6-11(20)21)13(23)17-9(14(24)25)2-3-10(18)19/h7-9H,2-6,15H2,1H3,(H,16,22)(H,17,23)(H,18,19)(H,20,21)(H,24,25). The molecule has 0 aromatic rings. The summed E-state index contributed by atoms with van der Waals surface area (Å²) in [4.78, 5) is 56.5. The lowest BCUT2D eigenvalue weighted by atomic mass is 10.1. The highest BCUT2D eigenvalue weighted by atomic mass is 32.2. The quantitative estimate of drug-likeness (QED) is 0.213. The van der Waals surface area contributed by atoms with Gasteiger partial charge in [-0.05, 0) is 24.9 Å². The van der Waals surface area contributed by atoms with Gasteiger partial charge in [-0.25, -0.2) is 4.79 Å². The Balaban J connectivity index is 4.99. The molecule has 0 heterocycles. The number of nitrogens with one attached hydrogen (secondary N) is 2. The van der Waals surface area contributed by atoms with E-state index in [9.17, 15) is 24.0 Å². The largest absolute Gasteiger partial charge is 0.481 e. The second-order valence-electron chi connectivity index (χ2n) is 5.38. The highest BCUT2D eigenvalue weighted by molar-refractivity contribution is 7.98. The predicted octanol–water partition coefficient (Wildman–Crippen LogP) is -1.54. The lowest BCUT2D eigenvalue weighted by molar-refractivity contribution is -0.144. The van der Waals surface area contributed by atoms with Gasteiger partial charge in [0, 0.05) is 6.42 Å². The summed E-state index contributed by atoms with van der Waals surface area (Å²) < 4.78 is 0. The van der Waals surface area contributed by atoms with Crippen LogP contribution in [0.15, 0.2) is 0 Å². The van der Waals surface area contributed by atoms with E-state index in [-0.39, 0.29) is 12.8 Å². The zero-order valence-electron chi connectivity index (χ0n) is 14.1. The molecule has 0 radical (unpaired) electrons. The number of amides is 2. The highest BCUT2D eigenvalue weighted by Crippen LogP contribution is 2.05. The van der Waals surface area contributed by atoms with Crippen molar-refractivity contribution >= 4 is 41.5 Å². The van der Waals surface area contributed by atoms with E-state index in [1.54, 1.807) is 6.26 Å². The lowest BCUT2D eigenvalue weighted by Crippen LogP contribution is -2.54. The van der Waals surface area contributed by atoms with Gasteiger partial charge in [-0.2, -0.15) is 11.8 Å². The molecule has 148 valence electrons. The molecule has 3 unspecified atom stereocenters. The molecular weight excluding hydrogens is 370 g/mol. The maximum Gasteiger partial charge on any atom is 0.326 e. The number of hydrogen-bond donors (Lipinski definition) is 6. The van der Waals surface area contributed by atoms with E-state index in [1.807, 2.05) is 0 Å². The Labute approximate surface area is 153 Å². The summed E-state index contributed by atoms with van der Waals surface area (Å²) in [5.74, 6) is -5.11. The van der Waals surface area contributed by atoms with Crippen molar-refractivity contribution in [1.29, 1.82) is 0 Å². The molecule has 0 bridgehead atoms. The number of carboxylic acids is 3. The Bertz CT molecular complexity index is 542. The number of rotatable bonds is 13. The van der Waals surface area contributed by atoms with Crippen LogP contribution in [0.5, 0.6) is 0 Å². The summed E-state index contributed by atoms with van der Waals surface area (Å²) in [5.41, 5.74) is 5.44. The summed E-state index contributed by atoms with van der Waals surface area (Å²) >= 11 is 1.38. The van der Waals surface area contributed by atoms with Crippen LogP contribution in [-0.4, -0.2) is 75.2 Å². The first-order valence-corrected chi connectivity index (χ1v) is 8.99. The molecule has 0 fully saturated rings. The van der Waals surface area contributed by atoms with Crippen LogP contribution in [0.3, 0.4) is 0 Å². The zero-order chi connectivity index (χ0) is 20.3. The van der Waals surface area contributed by atoms with Crippen molar-refractivity contribution in [2.45, 2.75) is 43.8 Å². The second kappa shape index (κ2) is 12.1. The summed E-state index contributed by atoms with van der Waals surface area (Å²) in [6, 6.07) is -3.92. The Hall–Kier alpha value is -2.34. The Kier molecular flexibility index (Phi) is 11.0. The molecule has 0 aromatic heterocycles. The van der Waals surface area contributed by atoms with Crippen molar-refractivity contribution in [2.75, 3.05) is 12.0 Å². The van der Waals surface area contributed by atoms with Crippen LogP contribution >= 0.6 is 11.8 Å². The van der Waals surface area contributed by atoms with Crippen molar-refractivity contribution in [1.82, 2.24) is 10.6 Å². The minimum absolute atomic E-state index is 0.157. The molecule has 0 aromatic carbocycles. The molecule has 11 nitrogen and oxygen atoms in total. The van der Waals surface area contributed by atoms with Crippen LogP contribution in [0.4, 0.5) is 0 Å². The third kappa shape index (κ3) is 9.84. The van der Waals surface area contributed by atoms with Gasteiger partial charge in [0.05, 0.1) is 12.5 Å². The topological polar surface area (TPSA) is 196 Å². The maximum atomic E-state index is 12.3. The fourth-order valence-electron chi connectivity index (χ4n) is 1.86. The van der Waals surface area contributed by atoms with E-state index in [4.69, 9.17) is 21.1 Å². The molecule has 0 aliphatic carbocycles. The van der Waals surface area contributed by atoms with Crippen molar-refractivity contribution in [2.24, 2.45) is 5.73 Å². The van der Waals surface area contributed by atoms with E-state index in [2.05, 4.69) is 10.6 Å². The van der Waals surface area contributed by atoms with Crippen LogP contribution < -0.4 is 16.4 Å². The number of hydrogen-bond acceptors (Lipinski definition) is 7. The Morgan fingerprint density at radius 3 is 1.96 bits per heavy atom. The first kappa shape index (κ1) is 23.7. The van der Waals surface area contributed by atoms with Crippen molar-refractivity contribution in [3.8, 4) is 0 Å². The number of carbonyl (C=O) groups excluding carboxylic acids is 2. The van der Waals surface area contributed by atoms with Gasteiger partial charge in [-0.15, -0.1) is 0 Å². The summed E-state index contributed by atoms with van der Waals surface area (Å²) in [5, 5.41) is 30.8. The molecule has 0 aliphatic heterocycles. The third-order valence-electron chi connectivity index (χ3n) is 3.24. The van der Waals surface area contributed by atoms with Crippen LogP contribution in [0.25, 0.3) is 0 Å². The minimum Gasteiger partial charge on any atom is -0.481 e. The number of carbonyl (C=O) groups is 5. The van der Waals surface area contributed by atoms with Gasteiger partial charge >= 0.3 is 17.9 Å². The van der Waals surface area contributed by atoms with Gasteiger partial charge in [-0.3, -0.25) is 19.2 Å². The molecule has 2 amide bonds. The fraction of sp³-hybridized carbons (Fsp3) is 0.643. The molecule has 12 heteroatoms. The van der Waals surface area contributed by atoms with E-state index >= 15 is 0 Å². The Morgan fingerprint density at radius 1 is 0.923 bits per heavy atom. The molecule has 0 rings (SSSR count). The van der Waals surface area contributed by atoms with Crippen LogP contribution in [0, 0.1) is 0 Å². The van der Waals surface area contributed by atoms with Gasteiger partial charge in [0.2, 0.25) is 11.8 Å². The van der Waals surface area contributed by atoms with Gasteiger partial charge in [0.1, 0.15) is 12.1 Å². The second-order valence-corrected chi connectivity index (χ2v) is 6.36. The first-order valence-electron chi connectivity index (χ1n) is 7.60. The number of aliphatic carboxylic acids is 3. The average Bonchev–Trinajstić information content (AvgIpc) is 2.53. The van der Waals surface area contributed by atoms with Gasteiger partial charge in [0.25, 0.3) is 0 Å². The molecule has 0 spiro atoms. The fourth-order valence-corrected chi connectivity index (χ4v) is 2.33. The molecule has 7 N–H and O–H groups in total. The maximum absolute atomic E-state index is 12.3. The minimum atomic E-state index is -1.43. The van der Waals surface area contributed by atoms with Crippen LogP contribution in [-0.2, 0) is 24.0 Å².